The summed E-state index contributed by atoms with van der Waals surface area (Å²) in [4.78, 5) is 9.25. The first-order valence-corrected chi connectivity index (χ1v) is 9.76. The van der Waals surface area contributed by atoms with E-state index in [1.165, 1.54) is 16.8 Å². The van der Waals surface area contributed by atoms with Crippen molar-refractivity contribution in [3.05, 3.63) is 64.8 Å². The van der Waals surface area contributed by atoms with E-state index in [2.05, 4.69) is 62.3 Å². The average molecular weight is 395 g/mol. The van der Waals surface area contributed by atoms with Gasteiger partial charge >= 0.3 is 0 Å². The van der Waals surface area contributed by atoms with E-state index in [9.17, 15) is 0 Å². The van der Waals surface area contributed by atoms with Crippen molar-refractivity contribution in [3.63, 3.8) is 0 Å². The molecule has 0 radical (unpaired) electrons. The molecule has 0 spiro atoms. The minimum absolute atomic E-state index is 0.652. The van der Waals surface area contributed by atoms with Gasteiger partial charge in [-0.15, -0.1) is 5.10 Å². The van der Waals surface area contributed by atoms with Gasteiger partial charge in [0.2, 0.25) is 5.95 Å². The number of rotatable bonds is 4. The third kappa shape index (κ3) is 4.02. The lowest BCUT2D eigenvalue weighted by Crippen LogP contribution is -2.47. The Bertz CT molecular complexity index is 951. The van der Waals surface area contributed by atoms with Crippen molar-refractivity contribution in [1.29, 1.82) is 0 Å². The smallest absolute Gasteiger partial charge is 0.247 e. The van der Waals surface area contributed by atoms with Crippen LogP contribution in [0.25, 0.3) is 0 Å². The van der Waals surface area contributed by atoms with Crippen LogP contribution in [-0.2, 0) is 0 Å². The predicted molar refractivity (Wildman–Crippen MR) is 115 cm³/mol. The number of halogens is 1. The zero-order valence-corrected chi connectivity index (χ0v) is 16.8. The molecule has 1 aliphatic heterocycles. The Labute approximate surface area is 170 Å². The quantitative estimate of drug-likeness (QED) is 0.715. The van der Waals surface area contributed by atoms with Crippen LogP contribution in [0, 0.1) is 13.8 Å². The summed E-state index contributed by atoms with van der Waals surface area (Å²) in [7, 11) is 0. The molecule has 1 saturated heterocycles. The number of hydrogen-bond donors (Lipinski definition) is 1. The summed E-state index contributed by atoms with van der Waals surface area (Å²) < 4.78 is 0. The van der Waals surface area contributed by atoms with Gasteiger partial charge < -0.3 is 15.1 Å². The van der Waals surface area contributed by atoms with Crippen molar-refractivity contribution in [3.8, 4) is 0 Å². The van der Waals surface area contributed by atoms with Crippen molar-refractivity contribution >= 4 is 34.7 Å². The Balaban J connectivity index is 1.43. The largest absolute Gasteiger partial charge is 0.368 e. The molecule has 2 aromatic carbocycles. The second-order valence-electron chi connectivity index (χ2n) is 6.97. The maximum atomic E-state index is 5.94. The topological polar surface area (TPSA) is 57.2 Å². The fourth-order valence-electron chi connectivity index (χ4n) is 3.39. The van der Waals surface area contributed by atoms with Crippen molar-refractivity contribution in [2.45, 2.75) is 13.8 Å². The zero-order valence-electron chi connectivity index (χ0n) is 16.1. The Kier molecular flexibility index (Phi) is 5.30. The molecule has 2 heterocycles. The van der Waals surface area contributed by atoms with Crippen LogP contribution in [0.1, 0.15) is 11.1 Å². The van der Waals surface area contributed by atoms with Gasteiger partial charge in [0.15, 0.2) is 5.82 Å². The van der Waals surface area contributed by atoms with Crippen LogP contribution < -0.4 is 15.1 Å². The number of nitrogens with one attached hydrogen (secondary N) is 1. The van der Waals surface area contributed by atoms with E-state index in [1.807, 2.05) is 24.3 Å². The molecule has 0 bridgehead atoms. The minimum atomic E-state index is 0.652. The Morgan fingerprint density at radius 1 is 0.929 bits per heavy atom. The number of piperazine rings is 1. The summed E-state index contributed by atoms with van der Waals surface area (Å²) in [5.74, 6) is 1.32. The molecule has 0 amide bonds. The molecular formula is C21H23ClN6. The van der Waals surface area contributed by atoms with E-state index in [0.717, 1.165) is 31.9 Å². The third-order valence-corrected chi connectivity index (χ3v) is 5.40. The molecule has 1 aliphatic rings. The van der Waals surface area contributed by atoms with Gasteiger partial charge in [0.1, 0.15) is 0 Å². The number of aromatic nitrogens is 3. The number of hydrogen-bond acceptors (Lipinski definition) is 6. The monoisotopic (exact) mass is 394 g/mol. The molecule has 3 aromatic rings. The van der Waals surface area contributed by atoms with E-state index in [-0.39, 0.29) is 0 Å². The zero-order chi connectivity index (χ0) is 19.5. The van der Waals surface area contributed by atoms with Gasteiger partial charge in [0.05, 0.1) is 6.20 Å². The van der Waals surface area contributed by atoms with Crippen molar-refractivity contribution in [2.75, 3.05) is 41.3 Å². The van der Waals surface area contributed by atoms with E-state index >= 15 is 0 Å². The molecule has 28 heavy (non-hydrogen) atoms. The van der Waals surface area contributed by atoms with E-state index in [4.69, 9.17) is 11.6 Å². The van der Waals surface area contributed by atoms with Crippen LogP contribution in [0.15, 0.2) is 48.7 Å². The molecule has 1 aromatic heterocycles. The van der Waals surface area contributed by atoms with Gasteiger partial charge in [-0.1, -0.05) is 23.7 Å². The number of aryl methyl sites for hydroxylation is 1. The van der Waals surface area contributed by atoms with Crippen molar-refractivity contribution in [2.24, 2.45) is 0 Å². The molecule has 0 atom stereocenters. The summed E-state index contributed by atoms with van der Waals surface area (Å²) in [5, 5.41) is 12.3. The Morgan fingerprint density at radius 2 is 1.64 bits per heavy atom. The molecule has 7 heteroatoms. The van der Waals surface area contributed by atoms with Crippen LogP contribution in [0.5, 0.6) is 0 Å². The maximum Gasteiger partial charge on any atom is 0.247 e. The fraction of sp³-hybridized carbons (Fsp3) is 0.286. The van der Waals surface area contributed by atoms with Crippen LogP contribution in [0.4, 0.5) is 23.1 Å². The standard InChI is InChI=1S/C21H23ClN6/c1-15-4-3-5-19(16(15)2)27-10-12-28(13-11-27)21-25-20(14-23-26-21)24-18-8-6-17(22)7-9-18/h3-9,14H,10-13H2,1-2H3,(H,24,25,26). The SMILES string of the molecule is Cc1cccc(N2CCN(c3nncc(Nc4ccc(Cl)cc4)n3)CC2)c1C. The predicted octanol–water partition coefficient (Wildman–Crippen LogP) is 4.21. The molecule has 6 nitrogen and oxygen atoms in total. The van der Waals surface area contributed by atoms with E-state index < -0.39 is 0 Å². The summed E-state index contributed by atoms with van der Waals surface area (Å²) in [5.41, 5.74) is 4.91. The van der Waals surface area contributed by atoms with Gasteiger partial charge in [-0.2, -0.15) is 10.1 Å². The molecule has 0 unspecified atom stereocenters. The maximum absolute atomic E-state index is 5.94. The van der Waals surface area contributed by atoms with Crippen LogP contribution in [0.3, 0.4) is 0 Å². The van der Waals surface area contributed by atoms with Gasteiger partial charge in [0.25, 0.3) is 0 Å². The molecule has 144 valence electrons. The van der Waals surface area contributed by atoms with E-state index in [0.29, 0.717) is 16.8 Å². The number of anilines is 4. The molecule has 4 rings (SSSR count). The van der Waals surface area contributed by atoms with Crippen molar-refractivity contribution < 1.29 is 0 Å². The van der Waals surface area contributed by atoms with Gasteiger partial charge in [-0.25, -0.2) is 0 Å². The highest BCUT2D eigenvalue weighted by Gasteiger charge is 2.21. The van der Waals surface area contributed by atoms with Crippen LogP contribution in [-0.4, -0.2) is 41.4 Å². The Hall–Kier alpha value is -2.86. The number of nitrogens with zero attached hydrogens (tertiary/aromatic N) is 5. The molecule has 0 aliphatic carbocycles. The Morgan fingerprint density at radius 3 is 2.39 bits per heavy atom. The lowest BCUT2D eigenvalue weighted by molar-refractivity contribution is 0.634. The first-order valence-electron chi connectivity index (χ1n) is 9.38. The van der Waals surface area contributed by atoms with Crippen molar-refractivity contribution in [1.82, 2.24) is 15.2 Å². The minimum Gasteiger partial charge on any atom is -0.368 e. The highest BCUT2D eigenvalue weighted by Crippen LogP contribution is 2.25. The second-order valence-corrected chi connectivity index (χ2v) is 7.40. The summed E-state index contributed by atoms with van der Waals surface area (Å²) >= 11 is 5.94. The summed E-state index contributed by atoms with van der Waals surface area (Å²) in [6.45, 7) is 7.94. The second kappa shape index (κ2) is 8.02. The summed E-state index contributed by atoms with van der Waals surface area (Å²) in [6, 6.07) is 14.0. The molecule has 0 saturated carbocycles. The lowest BCUT2D eigenvalue weighted by Gasteiger charge is -2.36. The lowest BCUT2D eigenvalue weighted by atomic mass is 10.1. The highest BCUT2D eigenvalue weighted by molar-refractivity contribution is 6.30. The van der Waals surface area contributed by atoms with Gasteiger partial charge in [-0.05, 0) is 55.3 Å². The van der Waals surface area contributed by atoms with Gasteiger partial charge in [-0.3, -0.25) is 0 Å². The highest BCUT2D eigenvalue weighted by atomic mass is 35.5. The van der Waals surface area contributed by atoms with Gasteiger partial charge in [0, 0.05) is 42.6 Å². The van der Waals surface area contributed by atoms with Crippen LogP contribution in [0.2, 0.25) is 5.02 Å². The number of benzene rings is 2. The molecule has 1 N–H and O–H groups in total. The first-order chi connectivity index (χ1) is 13.6. The van der Waals surface area contributed by atoms with E-state index in [1.54, 1.807) is 6.20 Å². The average Bonchev–Trinajstić information content (AvgIpc) is 2.72. The first kappa shape index (κ1) is 18.5. The molecular weight excluding hydrogens is 372 g/mol. The van der Waals surface area contributed by atoms with Crippen LogP contribution >= 0.6 is 11.6 Å². The normalized spacial score (nSPS) is 14.2. The third-order valence-electron chi connectivity index (χ3n) is 5.14. The fourth-order valence-corrected chi connectivity index (χ4v) is 3.52. The summed E-state index contributed by atoms with van der Waals surface area (Å²) in [6.07, 6.45) is 1.63. The molecule has 1 fully saturated rings.